The van der Waals surface area contributed by atoms with Crippen LogP contribution >= 0.6 is 0 Å². The molecule has 0 aliphatic heterocycles. The van der Waals surface area contributed by atoms with Gasteiger partial charge in [0, 0.05) is 44.5 Å². The molecule has 166 valence electrons. The summed E-state index contributed by atoms with van der Waals surface area (Å²) in [6, 6.07) is 16.9. The normalized spacial score (nSPS) is 10.8. The Labute approximate surface area is 185 Å². The maximum absolute atomic E-state index is 5.56. The van der Waals surface area contributed by atoms with Gasteiger partial charge in [-0.05, 0) is 62.7 Å². The van der Waals surface area contributed by atoms with Crippen LogP contribution < -0.4 is 15.0 Å². The molecule has 3 aromatic rings. The van der Waals surface area contributed by atoms with Gasteiger partial charge in [0.25, 0.3) is 0 Å². The third kappa shape index (κ3) is 5.79. The van der Waals surface area contributed by atoms with Crippen molar-refractivity contribution in [3.63, 3.8) is 0 Å². The highest BCUT2D eigenvalue weighted by Crippen LogP contribution is 2.26. The third-order valence-electron chi connectivity index (χ3n) is 5.35. The molecule has 6 nitrogen and oxygen atoms in total. The molecule has 0 fully saturated rings. The van der Waals surface area contributed by atoms with E-state index in [1.54, 1.807) is 7.11 Å². The molecule has 31 heavy (non-hydrogen) atoms. The average molecular weight is 423 g/mol. The number of nitrogens with one attached hydrogen (secondary N) is 1. The SMILES string of the molecule is CCOc1ccc(-c2cnc(NCc3ccc(N(CC)CC)cc3)n2CCOC)cc1. The van der Waals surface area contributed by atoms with E-state index in [1.807, 2.05) is 25.3 Å². The summed E-state index contributed by atoms with van der Waals surface area (Å²) in [5.41, 5.74) is 4.64. The number of hydrogen-bond donors (Lipinski definition) is 1. The van der Waals surface area contributed by atoms with Crippen molar-refractivity contribution < 1.29 is 9.47 Å². The summed E-state index contributed by atoms with van der Waals surface area (Å²) in [5.74, 6) is 1.72. The van der Waals surface area contributed by atoms with Gasteiger partial charge < -0.3 is 24.3 Å². The number of imidazole rings is 1. The van der Waals surface area contributed by atoms with Gasteiger partial charge in [0.15, 0.2) is 0 Å². The molecular weight excluding hydrogens is 388 g/mol. The Hall–Kier alpha value is -2.99. The lowest BCUT2D eigenvalue weighted by Crippen LogP contribution is -2.21. The number of ether oxygens (including phenoxy) is 2. The number of nitrogens with zero attached hydrogens (tertiary/aromatic N) is 3. The first-order valence-electron chi connectivity index (χ1n) is 11.1. The molecule has 0 aliphatic carbocycles. The maximum Gasteiger partial charge on any atom is 0.203 e. The van der Waals surface area contributed by atoms with E-state index in [9.17, 15) is 0 Å². The number of methoxy groups -OCH3 is 1. The Balaban J connectivity index is 1.75. The van der Waals surface area contributed by atoms with Crippen LogP contribution in [0.15, 0.2) is 54.7 Å². The van der Waals surface area contributed by atoms with E-state index in [4.69, 9.17) is 9.47 Å². The molecule has 2 aromatic carbocycles. The number of hydrogen-bond acceptors (Lipinski definition) is 5. The van der Waals surface area contributed by atoms with Crippen molar-refractivity contribution in [2.45, 2.75) is 33.9 Å². The van der Waals surface area contributed by atoms with Crippen molar-refractivity contribution in [1.29, 1.82) is 0 Å². The van der Waals surface area contributed by atoms with E-state index in [0.29, 0.717) is 19.8 Å². The van der Waals surface area contributed by atoms with Crippen LogP contribution in [0.2, 0.25) is 0 Å². The Kier molecular flexibility index (Phi) is 8.35. The standard InChI is InChI=1S/C25H34N4O2/c1-5-28(6-2)22-12-8-20(9-13-22)18-26-25-27-19-24(29(25)16-17-30-4)21-10-14-23(15-11-21)31-7-3/h8-15,19H,5-7,16-18H2,1-4H3,(H,26,27). The van der Waals surface area contributed by atoms with Crippen molar-refractivity contribution in [2.75, 3.05) is 43.6 Å². The Bertz CT molecular complexity index is 916. The van der Waals surface area contributed by atoms with E-state index in [0.717, 1.165) is 42.6 Å². The number of benzene rings is 2. The lowest BCUT2D eigenvalue weighted by atomic mass is 10.1. The second-order valence-electron chi connectivity index (χ2n) is 7.26. The van der Waals surface area contributed by atoms with Crippen LogP contribution in [0.3, 0.4) is 0 Å². The predicted octanol–water partition coefficient (Wildman–Crippen LogP) is 5.05. The fourth-order valence-electron chi connectivity index (χ4n) is 3.64. The lowest BCUT2D eigenvalue weighted by molar-refractivity contribution is 0.188. The molecule has 0 bridgehead atoms. The largest absolute Gasteiger partial charge is 0.494 e. The fraction of sp³-hybridized carbons (Fsp3) is 0.400. The van der Waals surface area contributed by atoms with Crippen LogP contribution in [0.4, 0.5) is 11.6 Å². The molecule has 1 heterocycles. The third-order valence-corrected chi connectivity index (χ3v) is 5.35. The monoisotopic (exact) mass is 422 g/mol. The summed E-state index contributed by atoms with van der Waals surface area (Å²) in [7, 11) is 1.72. The molecule has 0 unspecified atom stereocenters. The molecule has 0 spiro atoms. The summed E-state index contributed by atoms with van der Waals surface area (Å²) in [5, 5.41) is 3.49. The quantitative estimate of drug-likeness (QED) is 0.442. The first-order chi connectivity index (χ1) is 15.2. The van der Waals surface area contributed by atoms with E-state index >= 15 is 0 Å². The minimum atomic E-state index is 0.619. The molecule has 1 aromatic heterocycles. The zero-order chi connectivity index (χ0) is 22.1. The second-order valence-corrected chi connectivity index (χ2v) is 7.26. The smallest absolute Gasteiger partial charge is 0.203 e. The van der Waals surface area contributed by atoms with Gasteiger partial charge in [0.05, 0.1) is 25.1 Å². The van der Waals surface area contributed by atoms with Gasteiger partial charge in [-0.1, -0.05) is 12.1 Å². The van der Waals surface area contributed by atoms with E-state index < -0.39 is 0 Å². The molecule has 0 saturated heterocycles. The summed E-state index contributed by atoms with van der Waals surface area (Å²) in [4.78, 5) is 6.99. The zero-order valence-corrected chi connectivity index (χ0v) is 19.1. The maximum atomic E-state index is 5.56. The Morgan fingerprint density at radius 3 is 2.29 bits per heavy atom. The van der Waals surface area contributed by atoms with Gasteiger partial charge in [-0.3, -0.25) is 0 Å². The van der Waals surface area contributed by atoms with Gasteiger partial charge in [-0.15, -0.1) is 0 Å². The van der Waals surface area contributed by atoms with Crippen LogP contribution in [0.5, 0.6) is 5.75 Å². The number of aromatic nitrogens is 2. The van der Waals surface area contributed by atoms with E-state index in [2.05, 4.69) is 70.0 Å². The van der Waals surface area contributed by atoms with Crippen molar-refractivity contribution in [1.82, 2.24) is 9.55 Å². The number of anilines is 2. The molecule has 0 atom stereocenters. The minimum Gasteiger partial charge on any atom is -0.494 e. The first-order valence-corrected chi connectivity index (χ1v) is 11.1. The van der Waals surface area contributed by atoms with Crippen molar-refractivity contribution in [3.05, 3.63) is 60.3 Å². The van der Waals surface area contributed by atoms with E-state index in [1.165, 1.54) is 11.3 Å². The molecule has 6 heteroatoms. The van der Waals surface area contributed by atoms with Crippen LogP contribution in [-0.4, -0.2) is 43.0 Å². The summed E-state index contributed by atoms with van der Waals surface area (Å²) >= 11 is 0. The van der Waals surface area contributed by atoms with Crippen molar-refractivity contribution in [3.8, 4) is 17.0 Å². The van der Waals surface area contributed by atoms with Crippen molar-refractivity contribution >= 4 is 11.6 Å². The molecule has 3 rings (SSSR count). The van der Waals surface area contributed by atoms with Gasteiger partial charge in [-0.2, -0.15) is 0 Å². The van der Waals surface area contributed by atoms with Gasteiger partial charge in [0.1, 0.15) is 5.75 Å². The van der Waals surface area contributed by atoms with Crippen LogP contribution in [0.25, 0.3) is 11.3 Å². The predicted molar refractivity (Wildman–Crippen MR) is 128 cm³/mol. The average Bonchev–Trinajstić information content (AvgIpc) is 3.21. The van der Waals surface area contributed by atoms with Crippen molar-refractivity contribution in [2.24, 2.45) is 0 Å². The second kappa shape index (κ2) is 11.4. The molecular formula is C25H34N4O2. The first kappa shape index (κ1) is 22.7. The zero-order valence-electron chi connectivity index (χ0n) is 19.1. The Morgan fingerprint density at radius 2 is 1.68 bits per heavy atom. The van der Waals surface area contributed by atoms with Crippen LogP contribution in [-0.2, 0) is 17.8 Å². The van der Waals surface area contributed by atoms with Gasteiger partial charge in [-0.25, -0.2) is 4.98 Å². The highest BCUT2D eigenvalue weighted by molar-refractivity contribution is 5.62. The lowest BCUT2D eigenvalue weighted by Gasteiger charge is -2.21. The van der Waals surface area contributed by atoms with Crippen LogP contribution in [0.1, 0.15) is 26.3 Å². The van der Waals surface area contributed by atoms with Crippen LogP contribution in [0, 0.1) is 0 Å². The summed E-state index contributed by atoms with van der Waals surface area (Å²) < 4.78 is 13.1. The molecule has 1 N–H and O–H groups in total. The summed E-state index contributed by atoms with van der Waals surface area (Å²) in [6.07, 6.45) is 1.91. The highest BCUT2D eigenvalue weighted by Gasteiger charge is 2.12. The highest BCUT2D eigenvalue weighted by atomic mass is 16.5. The van der Waals surface area contributed by atoms with Gasteiger partial charge in [0.2, 0.25) is 5.95 Å². The van der Waals surface area contributed by atoms with E-state index in [-0.39, 0.29) is 0 Å². The molecule has 0 radical (unpaired) electrons. The Morgan fingerprint density at radius 1 is 0.968 bits per heavy atom. The number of rotatable bonds is 12. The summed E-state index contributed by atoms with van der Waals surface area (Å²) in [6.45, 7) is 11.1. The minimum absolute atomic E-state index is 0.619. The topological polar surface area (TPSA) is 51.5 Å². The fourth-order valence-corrected chi connectivity index (χ4v) is 3.64. The molecule has 0 aliphatic rings. The molecule has 0 amide bonds. The molecule has 0 saturated carbocycles. The van der Waals surface area contributed by atoms with Gasteiger partial charge >= 0.3 is 0 Å².